The second-order valence-corrected chi connectivity index (χ2v) is 6.23. The van der Waals surface area contributed by atoms with Crippen LogP contribution in [0.25, 0.3) is 0 Å². The number of nitrogens with one attached hydrogen (secondary N) is 1. The van der Waals surface area contributed by atoms with Crippen LogP contribution < -0.4 is 5.32 Å². The molecule has 1 amide bonds. The normalized spacial score (nSPS) is 32.6. The smallest absolute Gasteiger partial charge is 0.408 e. The monoisotopic (exact) mass is 303 g/mol. The molecule has 0 bridgehead atoms. The lowest BCUT2D eigenvalue weighted by Crippen LogP contribution is -2.56. The van der Waals surface area contributed by atoms with Crippen molar-refractivity contribution in [2.45, 2.75) is 58.7 Å². The summed E-state index contributed by atoms with van der Waals surface area (Å²) < 4.78 is 10.0. The van der Waals surface area contributed by atoms with E-state index in [1.165, 1.54) is 13.8 Å². The van der Waals surface area contributed by atoms with Gasteiger partial charge in [-0.3, -0.25) is 9.59 Å². The van der Waals surface area contributed by atoms with E-state index in [4.69, 9.17) is 9.47 Å². The maximum Gasteiger partial charge on any atom is 0.408 e. The van der Waals surface area contributed by atoms with Gasteiger partial charge in [-0.2, -0.15) is 0 Å². The summed E-state index contributed by atoms with van der Waals surface area (Å²) in [6.45, 7) is 7.32. The maximum absolute atomic E-state index is 11.8. The number of carboxylic acids is 1. The van der Waals surface area contributed by atoms with Crippen LogP contribution in [0.3, 0.4) is 0 Å². The molecule has 0 aromatic heterocycles. The molecule has 1 aliphatic heterocycles. The van der Waals surface area contributed by atoms with Gasteiger partial charge in [-0.25, -0.2) is 4.79 Å². The van der Waals surface area contributed by atoms with Crippen molar-refractivity contribution >= 4 is 17.8 Å². The van der Waals surface area contributed by atoms with Gasteiger partial charge in [-0.15, -0.1) is 0 Å². The Bertz CT molecular complexity index is 456. The third-order valence-electron chi connectivity index (χ3n) is 3.27. The van der Waals surface area contributed by atoms with E-state index in [1.807, 2.05) is 0 Å². The molecule has 8 nitrogen and oxygen atoms in total. The number of aliphatic carboxylic acids is 1. The number of carboxylic acid groups (broad SMARTS) is 1. The Labute approximate surface area is 122 Å². The first-order chi connectivity index (χ1) is 9.39. The number of aliphatic hydroxyl groups is 1. The predicted octanol–water partition coefficient (Wildman–Crippen LogP) is 0.277. The van der Waals surface area contributed by atoms with E-state index in [2.05, 4.69) is 5.32 Å². The minimum atomic E-state index is -1.85. The van der Waals surface area contributed by atoms with E-state index in [9.17, 15) is 24.6 Å². The van der Waals surface area contributed by atoms with Gasteiger partial charge in [-0.1, -0.05) is 0 Å². The largest absolute Gasteiger partial charge is 0.481 e. The van der Waals surface area contributed by atoms with Gasteiger partial charge in [0.05, 0.1) is 6.04 Å². The summed E-state index contributed by atoms with van der Waals surface area (Å²) in [4.78, 5) is 34.8. The molecule has 1 aliphatic rings. The van der Waals surface area contributed by atoms with Gasteiger partial charge in [0, 0.05) is 0 Å². The van der Waals surface area contributed by atoms with Crippen molar-refractivity contribution in [2.24, 2.45) is 5.41 Å². The fourth-order valence-electron chi connectivity index (χ4n) is 2.06. The molecule has 1 saturated heterocycles. The summed E-state index contributed by atoms with van der Waals surface area (Å²) in [5.41, 5.74) is -2.64. The summed E-state index contributed by atoms with van der Waals surface area (Å²) in [5.74, 6) is -1.89. The number of amides is 1. The standard InChI is InChI=1S/C13H21NO7/c1-6(15)7-8(14-11(19)21-12(2,3)4)13(5,9(16)17)10(18)20-7/h7-8,10,18H,1-5H3,(H,14,19)(H,16,17)/t7?,8-,10?,13?/m0/s1. The fraction of sp³-hybridized carbons (Fsp3) is 0.769. The number of ether oxygens (including phenoxy) is 2. The molecule has 1 rings (SSSR count). The van der Waals surface area contributed by atoms with Crippen molar-refractivity contribution in [3.63, 3.8) is 0 Å². The number of ketones is 1. The average Bonchev–Trinajstić information content (AvgIpc) is 2.52. The van der Waals surface area contributed by atoms with Crippen LogP contribution in [0.1, 0.15) is 34.6 Å². The fourth-order valence-corrected chi connectivity index (χ4v) is 2.06. The first-order valence-corrected chi connectivity index (χ1v) is 6.46. The van der Waals surface area contributed by atoms with E-state index in [-0.39, 0.29) is 0 Å². The second kappa shape index (κ2) is 5.61. The minimum absolute atomic E-state index is 0.500. The molecule has 0 spiro atoms. The van der Waals surface area contributed by atoms with Crippen molar-refractivity contribution in [1.29, 1.82) is 0 Å². The van der Waals surface area contributed by atoms with E-state index in [1.54, 1.807) is 20.8 Å². The number of carbonyl (C=O) groups is 3. The molecule has 3 unspecified atom stereocenters. The molecule has 4 atom stereocenters. The van der Waals surface area contributed by atoms with Gasteiger partial charge >= 0.3 is 12.1 Å². The van der Waals surface area contributed by atoms with Crippen LogP contribution in [0, 0.1) is 5.41 Å². The molecule has 0 radical (unpaired) electrons. The van der Waals surface area contributed by atoms with Gasteiger partial charge < -0.3 is 25.0 Å². The first kappa shape index (κ1) is 17.4. The van der Waals surface area contributed by atoms with E-state index < -0.39 is 47.3 Å². The number of carbonyl (C=O) groups excluding carboxylic acids is 2. The molecule has 21 heavy (non-hydrogen) atoms. The van der Waals surface area contributed by atoms with Crippen molar-refractivity contribution in [1.82, 2.24) is 5.32 Å². The van der Waals surface area contributed by atoms with Crippen LogP contribution >= 0.6 is 0 Å². The Morgan fingerprint density at radius 2 is 1.81 bits per heavy atom. The quantitative estimate of drug-likeness (QED) is 0.684. The van der Waals surface area contributed by atoms with E-state index in [0.29, 0.717) is 0 Å². The number of hydrogen-bond donors (Lipinski definition) is 3. The lowest BCUT2D eigenvalue weighted by Gasteiger charge is -2.30. The van der Waals surface area contributed by atoms with Crippen LogP contribution in [0.15, 0.2) is 0 Å². The Morgan fingerprint density at radius 1 is 1.29 bits per heavy atom. The number of Topliss-reactive ketones (excluding diaryl/α,β-unsaturated/α-hetero) is 1. The summed E-state index contributed by atoms with van der Waals surface area (Å²) in [7, 11) is 0. The molecule has 0 aromatic rings. The van der Waals surface area contributed by atoms with Crippen molar-refractivity contribution in [3.05, 3.63) is 0 Å². The van der Waals surface area contributed by atoms with Crippen LogP contribution in [0.2, 0.25) is 0 Å². The zero-order chi connectivity index (χ0) is 16.6. The zero-order valence-corrected chi connectivity index (χ0v) is 12.7. The van der Waals surface area contributed by atoms with Crippen LogP contribution in [0.4, 0.5) is 4.79 Å². The summed E-state index contributed by atoms with van der Waals surface area (Å²) in [6.07, 6.45) is -3.86. The number of aliphatic hydroxyl groups excluding tert-OH is 1. The Kier molecular flexibility index (Phi) is 4.64. The molecule has 8 heteroatoms. The summed E-state index contributed by atoms with van der Waals surface area (Å²) in [6, 6.07) is -1.24. The van der Waals surface area contributed by atoms with E-state index >= 15 is 0 Å². The molecule has 1 fully saturated rings. The van der Waals surface area contributed by atoms with E-state index in [0.717, 1.165) is 0 Å². The molecule has 0 saturated carbocycles. The summed E-state index contributed by atoms with van der Waals surface area (Å²) >= 11 is 0. The molecule has 120 valence electrons. The Balaban J connectivity index is 3.04. The lowest BCUT2D eigenvalue weighted by atomic mass is 9.80. The highest BCUT2D eigenvalue weighted by atomic mass is 16.6. The number of rotatable bonds is 3. The zero-order valence-electron chi connectivity index (χ0n) is 12.7. The van der Waals surface area contributed by atoms with Gasteiger partial charge in [0.15, 0.2) is 12.1 Å². The van der Waals surface area contributed by atoms with Crippen LogP contribution in [0.5, 0.6) is 0 Å². The molecular weight excluding hydrogens is 282 g/mol. The predicted molar refractivity (Wildman–Crippen MR) is 70.5 cm³/mol. The second-order valence-electron chi connectivity index (χ2n) is 6.23. The SMILES string of the molecule is CC(=O)C1OC(O)C(C)(C(=O)O)[C@H]1NC(=O)OC(C)(C)C. The third-order valence-corrected chi connectivity index (χ3v) is 3.27. The first-order valence-electron chi connectivity index (χ1n) is 6.46. The molecule has 0 aliphatic carbocycles. The van der Waals surface area contributed by atoms with Gasteiger partial charge in [0.25, 0.3) is 0 Å². The third kappa shape index (κ3) is 3.51. The molecule has 3 N–H and O–H groups in total. The summed E-state index contributed by atoms with van der Waals surface area (Å²) in [5, 5.41) is 21.4. The average molecular weight is 303 g/mol. The highest BCUT2D eigenvalue weighted by Gasteiger charge is 2.60. The van der Waals surface area contributed by atoms with Gasteiger partial charge in [-0.05, 0) is 34.6 Å². The van der Waals surface area contributed by atoms with Crippen molar-refractivity contribution < 1.29 is 34.1 Å². The van der Waals surface area contributed by atoms with Crippen LogP contribution in [-0.2, 0) is 19.1 Å². The van der Waals surface area contributed by atoms with Crippen LogP contribution in [-0.4, -0.2) is 52.1 Å². The topological polar surface area (TPSA) is 122 Å². The number of alkyl carbamates (subject to hydrolysis) is 1. The minimum Gasteiger partial charge on any atom is -0.481 e. The highest BCUT2D eigenvalue weighted by Crippen LogP contribution is 2.38. The number of hydrogen-bond acceptors (Lipinski definition) is 6. The maximum atomic E-state index is 11.8. The molecule has 0 aromatic carbocycles. The Morgan fingerprint density at radius 3 is 2.19 bits per heavy atom. The Hall–Kier alpha value is -1.67. The highest BCUT2D eigenvalue weighted by molar-refractivity contribution is 5.86. The molecule has 1 heterocycles. The van der Waals surface area contributed by atoms with Crippen molar-refractivity contribution in [2.75, 3.05) is 0 Å². The van der Waals surface area contributed by atoms with Gasteiger partial charge in [0.2, 0.25) is 0 Å². The lowest BCUT2D eigenvalue weighted by molar-refractivity contribution is -0.173. The van der Waals surface area contributed by atoms with Gasteiger partial charge in [0.1, 0.15) is 17.1 Å². The molecular formula is C13H21NO7. The van der Waals surface area contributed by atoms with Crippen molar-refractivity contribution in [3.8, 4) is 0 Å².